The Morgan fingerprint density at radius 2 is 2.17 bits per heavy atom. The second kappa shape index (κ2) is 4.23. The summed E-state index contributed by atoms with van der Waals surface area (Å²) in [6.07, 6.45) is 12.5. The second-order valence-electron chi connectivity index (χ2n) is 5.64. The molecule has 0 amide bonds. The van der Waals surface area contributed by atoms with Crippen molar-refractivity contribution in [1.82, 2.24) is 9.55 Å². The lowest BCUT2D eigenvalue weighted by Crippen LogP contribution is -2.13. The molecule has 1 aliphatic carbocycles. The summed E-state index contributed by atoms with van der Waals surface area (Å²) in [6, 6.07) is 2.83. The summed E-state index contributed by atoms with van der Waals surface area (Å²) in [5.74, 6) is 0.923. The zero-order chi connectivity index (χ0) is 11.9. The topological polar surface area (TPSA) is 17.8 Å². The summed E-state index contributed by atoms with van der Waals surface area (Å²) in [5, 5.41) is 2.23. The Morgan fingerprint density at radius 3 is 3.06 bits per heavy atom. The molecule has 1 atom stereocenters. The highest BCUT2D eigenvalue weighted by Crippen LogP contribution is 2.46. The van der Waals surface area contributed by atoms with Crippen molar-refractivity contribution in [2.45, 2.75) is 44.6 Å². The number of hydrogen-bond donors (Lipinski definition) is 0. The predicted octanol–water partition coefficient (Wildman–Crippen LogP) is 4.48. The largest absolute Gasteiger partial charge is 0.322 e. The standard InChI is InChI=1S/C15H18N2S/c1-2-4-11(5-3-1)8-13-15-12(6-7-18-15)14-9-16-10-17(13)14/h6-7,9-11,13H,1-5,8H2/t13-/m1/s1. The van der Waals surface area contributed by atoms with Crippen LogP contribution in [0.2, 0.25) is 0 Å². The third kappa shape index (κ3) is 1.57. The number of thiophene rings is 1. The highest BCUT2D eigenvalue weighted by atomic mass is 32.1. The fraction of sp³-hybridized carbons (Fsp3) is 0.533. The van der Waals surface area contributed by atoms with Gasteiger partial charge in [0.1, 0.15) is 0 Å². The first kappa shape index (κ1) is 10.8. The Morgan fingerprint density at radius 1 is 1.28 bits per heavy atom. The van der Waals surface area contributed by atoms with Gasteiger partial charge in [-0.25, -0.2) is 4.98 Å². The van der Waals surface area contributed by atoms with Crippen LogP contribution < -0.4 is 0 Å². The van der Waals surface area contributed by atoms with Gasteiger partial charge in [-0.05, 0) is 23.8 Å². The average Bonchev–Trinajstić information content (AvgIpc) is 3.08. The summed E-state index contributed by atoms with van der Waals surface area (Å²) in [6.45, 7) is 0. The van der Waals surface area contributed by atoms with Crippen LogP contribution >= 0.6 is 11.3 Å². The average molecular weight is 258 g/mol. The number of hydrogen-bond acceptors (Lipinski definition) is 2. The van der Waals surface area contributed by atoms with Crippen LogP contribution in [0.25, 0.3) is 11.3 Å². The molecular weight excluding hydrogens is 240 g/mol. The SMILES string of the molecule is c1cc2c(s1)[C@@H](CC1CCCCC1)n1cncc1-2. The summed E-state index contributed by atoms with van der Waals surface area (Å²) >= 11 is 1.92. The van der Waals surface area contributed by atoms with Gasteiger partial charge in [0.15, 0.2) is 0 Å². The van der Waals surface area contributed by atoms with Crippen molar-refractivity contribution in [3.8, 4) is 11.3 Å². The number of rotatable bonds is 2. The Balaban J connectivity index is 1.65. The number of aromatic nitrogens is 2. The number of nitrogens with zero attached hydrogens (tertiary/aromatic N) is 2. The molecule has 2 aromatic heterocycles. The van der Waals surface area contributed by atoms with E-state index in [-0.39, 0.29) is 0 Å². The van der Waals surface area contributed by atoms with Crippen LogP contribution in [0.5, 0.6) is 0 Å². The molecule has 2 aliphatic rings. The molecule has 0 unspecified atom stereocenters. The van der Waals surface area contributed by atoms with Gasteiger partial charge in [-0.1, -0.05) is 32.1 Å². The summed E-state index contributed by atoms with van der Waals surface area (Å²) in [7, 11) is 0. The van der Waals surface area contributed by atoms with Gasteiger partial charge in [-0.3, -0.25) is 0 Å². The van der Waals surface area contributed by atoms with E-state index >= 15 is 0 Å². The summed E-state index contributed by atoms with van der Waals surface area (Å²) in [4.78, 5) is 5.90. The van der Waals surface area contributed by atoms with E-state index in [0.29, 0.717) is 6.04 Å². The number of fused-ring (bicyclic) bond motifs is 3. The van der Waals surface area contributed by atoms with Crippen LogP contribution in [-0.2, 0) is 0 Å². The summed E-state index contributed by atoms with van der Waals surface area (Å²) < 4.78 is 2.40. The van der Waals surface area contributed by atoms with E-state index in [4.69, 9.17) is 0 Å². The van der Waals surface area contributed by atoms with Crippen LogP contribution in [0, 0.1) is 5.92 Å². The Bertz CT molecular complexity index is 508. The Kier molecular flexibility index (Phi) is 2.54. The van der Waals surface area contributed by atoms with Crippen molar-refractivity contribution in [3.05, 3.63) is 28.8 Å². The molecule has 2 aromatic rings. The quantitative estimate of drug-likeness (QED) is 0.776. The fourth-order valence-electron chi connectivity index (χ4n) is 3.64. The molecule has 0 N–H and O–H groups in total. The van der Waals surface area contributed by atoms with E-state index in [9.17, 15) is 0 Å². The molecule has 1 saturated carbocycles. The Labute approximate surface area is 112 Å². The first-order valence-corrected chi connectivity index (χ1v) is 7.91. The van der Waals surface area contributed by atoms with E-state index in [2.05, 4.69) is 21.0 Å². The zero-order valence-electron chi connectivity index (χ0n) is 10.5. The van der Waals surface area contributed by atoms with Crippen molar-refractivity contribution >= 4 is 11.3 Å². The lowest BCUT2D eigenvalue weighted by molar-refractivity contribution is 0.309. The van der Waals surface area contributed by atoms with Crippen molar-refractivity contribution < 1.29 is 0 Å². The predicted molar refractivity (Wildman–Crippen MR) is 74.9 cm³/mol. The van der Waals surface area contributed by atoms with Crippen molar-refractivity contribution in [2.75, 3.05) is 0 Å². The maximum absolute atomic E-state index is 4.33. The fourth-order valence-corrected chi connectivity index (χ4v) is 4.65. The normalized spacial score (nSPS) is 23.0. The zero-order valence-corrected chi connectivity index (χ0v) is 11.3. The maximum atomic E-state index is 4.33. The summed E-state index contributed by atoms with van der Waals surface area (Å²) in [5.41, 5.74) is 2.75. The lowest BCUT2D eigenvalue weighted by Gasteiger charge is -2.25. The van der Waals surface area contributed by atoms with Gasteiger partial charge < -0.3 is 4.57 Å². The van der Waals surface area contributed by atoms with Gasteiger partial charge in [0.25, 0.3) is 0 Å². The molecule has 0 spiro atoms. The van der Waals surface area contributed by atoms with Gasteiger partial charge in [-0.15, -0.1) is 11.3 Å². The minimum Gasteiger partial charge on any atom is -0.322 e. The molecule has 2 nitrogen and oxygen atoms in total. The van der Waals surface area contributed by atoms with Gasteiger partial charge in [0.2, 0.25) is 0 Å². The smallest absolute Gasteiger partial charge is 0.0957 e. The highest BCUT2D eigenvalue weighted by Gasteiger charge is 2.31. The van der Waals surface area contributed by atoms with Crippen LogP contribution in [-0.4, -0.2) is 9.55 Å². The molecule has 18 heavy (non-hydrogen) atoms. The van der Waals surface area contributed by atoms with Crippen LogP contribution in [0.3, 0.4) is 0 Å². The van der Waals surface area contributed by atoms with E-state index in [1.807, 2.05) is 23.9 Å². The van der Waals surface area contributed by atoms with Crippen molar-refractivity contribution in [2.24, 2.45) is 5.92 Å². The first-order chi connectivity index (χ1) is 8.93. The second-order valence-corrected chi connectivity index (χ2v) is 6.59. The molecule has 94 valence electrons. The molecule has 0 aromatic carbocycles. The van der Waals surface area contributed by atoms with Crippen LogP contribution in [0.1, 0.15) is 49.4 Å². The minimum atomic E-state index is 0.570. The Hall–Kier alpha value is -1.09. The third-order valence-corrected chi connectivity index (χ3v) is 5.58. The monoisotopic (exact) mass is 258 g/mol. The molecule has 1 fully saturated rings. The van der Waals surface area contributed by atoms with Gasteiger partial charge in [0, 0.05) is 10.4 Å². The maximum Gasteiger partial charge on any atom is 0.0957 e. The van der Waals surface area contributed by atoms with Gasteiger partial charge >= 0.3 is 0 Å². The van der Waals surface area contributed by atoms with E-state index < -0.39 is 0 Å². The van der Waals surface area contributed by atoms with Crippen molar-refractivity contribution in [1.29, 1.82) is 0 Å². The molecular formula is C15H18N2S. The van der Waals surface area contributed by atoms with Gasteiger partial charge in [-0.2, -0.15) is 0 Å². The van der Waals surface area contributed by atoms with Crippen LogP contribution in [0.15, 0.2) is 24.0 Å². The molecule has 0 saturated heterocycles. The number of imidazole rings is 1. The molecule has 3 heteroatoms. The molecule has 3 heterocycles. The lowest BCUT2D eigenvalue weighted by atomic mass is 9.84. The van der Waals surface area contributed by atoms with E-state index in [1.165, 1.54) is 49.8 Å². The van der Waals surface area contributed by atoms with Gasteiger partial charge in [0.05, 0.1) is 24.3 Å². The van der Waals surface area contributed by atoms with E-state index in [0.717, 1.165) is 5.92 Å². The highest BCUT2D eigenvalue weighted by molar-refractivity contribution is 7.10. The first-order valence-electron chi connectivity index (χ1n) is 7.03. The third-order valence-electron chi connectivity index (χ3n) is 4.56. The minimum absolute atomic E-state index is 0.570. The van der Waals surface area contributed by atoms with E-state index in [1.54, 1.807) is 4.88 Å². The van der Waals surface area contributed by atoms with Crippen molar-refractivity contribution in [3.63, 3.8) is 0 Å². The molecule has 0 bridgehead atoms. The molecule has 0 radical (unpaired) electrons. The van der Waals surface area contributed by atoms with Crippen LogP contribution in [0.4, 0.5) is 0 Å². The molecule has 4 rings (SSSR count). The molecule has 1 aliphatic heterocycles.